The van der Waals surface area contributed by atoms with Crippen LogP contribution in [0.2, 0.25) is 0 Å². The van der Waals surface area contributed by atoms with E-state index < -0.39 is 0 Å². The van der Waals surface area contributed by atoms with Crippen LogP contribution < -0.4 is 10.1 Å². The van der Waals surface area contributed by atoms with E-state index in [1.54, 1.807) is 24.3 Å². The van der Waals surface area contributed by atoms with Gasteiger partial charge in [0.05, 0.1) is 11.6 Å². The number of aromatic nitrogens is 2. The van der Waals surface area contributed by atoms with Crippen LogP contribution in [-0.2, 0) is 0 Å². The van der Waals surface area contributed by atoms with Crippen molar-refractivity contribution in [2.75, 3.05) is 11.9 Å². The fraction of sp³-hybridized carbons (Fsp3) is 0.312. The predicted molar refractivity (Wildman–Crippen MR) is 79.4 cm³/mol. The Labute approximate surface area is 123 Å². The zero-order valence-electron chi connectivity index (χ0n) is 11.8. The molecule has 1 saturated carbocycles. The average Bonchev–Trinajstić information content (AvgIpc) is 3.32. The van der Waals surface area contributed by atoms with Crippen molar-refractivity contribution >= 4 is 5.82 Å². The number of ether oxygens (including phenoxy) is 1. The number of rotatable bonds is 5. The van der Waals surface area contributed by atoms with Gasteiger partial charge >= 0.3 is 0 Å². The normalized spacial score (nSPS) is 13.5. The highest BCUT2D eigenvalue weighted by Gasteiger charge is 2.27. The van der Waals surface area contributed by atoms with Crippen molar-refractivity contribution in [3.63, 3.8) is 0 Å². The minimum Gasteiger partial charge on any atom is -0.439 e. The standard InChI is InChI=1S/C16H16N4O/c1-2-18-14-9-15(20-16(19-14)12-6-7-12)21-13-5-3-4-11(8-13)10-17/h3-5,8-9,12H,2,6-7H2,1H3,(H,18,19,20). The van der Waals surface area contributed by atoms with Crippen molar-refractivity contribution in [1.82, 2.24) is 9.97 Å². The SMILES string of the molecule is CCNc1cc(Oc2cccc(C#N)c2)nc(C2CC2)n1. The summed E-state index contributed by atoms with van der Waals surface area (Å²) in [5.41, 5.74) is 0.566. The summed E-state index contributed by atoms with van der Waals surface area (Å²) >= 11 is 0. The molecule has 0 amide bonds. The van der Waals surface area contributed by atoms with Crippen LogP contribution in [0.5, 0.6) is 11.6 Å². The van der Waals surface area contributed by atoms with E-state index in [1.807, 2.05) is 13.0 Å². The minimum atomic E-state index is 0.455. The third kappa shape index (κ3) is 3.29. The third-order valence-electron chi connectivity index (χ3n) is 3.21. The Morgan fingerprint density at radius 3 is 2.90 bits per heavy atom. The van der Waals surface area contributed by atoms with Gasteiger partial charge in [-0.05, 0) is 38.0 Å². The number of nitrogens with zero attached hydrogens (tertiary/aromatic N) is 3. The van der Waals surface area contributed by atoms with Crippen LogP contribution in [0.4, 0.5) is 5.82 Å². The molecular weight excluding hydrogens is 264 g/mol. The van der Waals surface area contributed by atoms with Gasteiger partial charge in [-0.1, -0.05) is 6.07 Å². The van der Waals surface area contributed by atoms with Crippen LogP contribution >= 0.6 is 0 Å². The van der Waals surface area contributed by atoms with Crippen molar-refractivity contribution in [3.05, 3.63) is 41.7 Å². The fourth-order valence-electron chi connectivity index (χ4n) is 2.04. The van der Waals surface area contributed by atoms with Gasteiger partial charge in [0.1, 0.15) is 17.4 Å². The highest BCUT2D eigenvalue weighted by atomic mass is 16.5. The summed E-state index contributed by atoms with van der Waals surface area (Å²) in [6.07, 6.45) is 2.28. The molecule has 0 spiro atoms. The molecule has 1 aliphatic rings. The van der Waals surface area contributed by atoms with Crippen molar-refractivity contribution in [3.8, 4) is 17.7 Å². The Morgan fingerprint density at radius 2 is 2.19 bits per heavy atom. The molecule has 0 bridgehead atoms. The van der Waals surface area contributed by atoms with Crippen LogP contribution in [0.25, 0.3) is 0 Å². The Balaban J connectivity index is 1.88. The molecule has 0 aliphatic heterocycles. The molecule has 2 aromatic rings. The number of hydrogen-bond donors (Lipinski definition) is 1. The molecule has 0 unspecified atom stereocenters. The van der Waals surface area contributed by atoms with Gasteiger partial charge in [-0.15, -0.1) is 0 Å². The molecule has 0 atom stereocenters. The first-order valence-corrected chi connectivity index (χ1v) is 7.09. The second-order valence-corrected chi connectivity index (χ2v) is 5.00. The smallest absolute Gasteiger partial charge is 0.224 e. The first-order chi connectivity index (χ1) is 10.3. The van der Waals surface area contributed by atoms with Gasteiger partial charge in [0, 0.05) is 18.5 Å². The Kier molecular flexibility index (Phi) is 3.69. The summed E-state index contributed by atoms with van der Waals surface area (Å²) in [6, 6.07) is 10.9. The van der Waals surface area contributed by atoms with E-state index in [0.717, 1.165) is 31.0 Å². The minimum absolute atomic E-state index is 0.455. The molecule has 106 valence electrons. The van der Waals surface area contributed by atoms with Crippen LogP contribution in [0.1, 0.15) is 37.1 Å². The summed E-state index contributed by atoms with van der Waals surface area (Å²) in [7, 11) is 0. The van der Waals surface area contributed by atoms with Crippen LogP contribution in [0, 0.1) is 11.3 Å². The van der Waals surface area contributed by atoms with Crippen LogP contribution in [0.15, 0.2) is 30.3 Å². The van der Waals surface area contributed by atoms with Crippen molar-refractivity contribution in [2.45, 2.75) is 25.7 Å². The van der Waals surface area contributed by atoms with Gasteiger partial charge in [0.15, 0.2) is 0 Å². The maximum absolute atomic E-state index is 8.93. The molecule has 1 heterocycles. The number of nitrogens with one attached hydrogen (secondary N) is 1. The van der Waals surface area contributed by atoms with Gasteiger partial charge < -0.3 is 10.1 Å². The maximum atomic E-state index is 8.93. The summed E-state index contributed by atoms with van der Waals surface area (Å²) in [5, 5.41) is 12.1. The third-order valence-corrected chi connectivity index (χ3v) is 3.21. The quantitative estimate of drug-likeness (QED) is 0.908. The number of nitriles is 1. The monoisotopic (exact) mass is 280 g/mol. The van der Waals surface area contributed by atoms with E-state index in [-0.39, 0.29) is 0 Å². The van der Waals surface area contributed by atoms with Gasteiger partial charge in [0.2, 0.25) is 5.88 Å². The highest BCUT2D eigenvalue weighted by molar-refractivity contribution is 5.42. The van der Waals surface area contributed by atoms with Crippen molar-refractivity contribution in [1.29, 1.82) is 5.26 Å². The Morgan fingerprint density at radius 1 is 1.33 bits per heavy atom. The van der Waals surface area contributed by atoms with Crippen LogP contribution in [0.3, 0.4) is 0 Å². The molecule has 3 rings (SSSR count). The van der Waals surface area contributed by atoms with E-state index in [9.17, 15) is 0 Å². The molecular formula is C16H16N4O. The summed E-state index contributed by atoms with van der Waals surface area (Å²) in [5.74, 6) is 3.19. The van der Waals surface area contributed by atoms with Gasteiger partial charge in [-0.3, -0.25) is 0 Å². The highest BCUT2D eigenvalue weighted by Crippen LogP contribution is 2.39. The Hall–Kier alpha value is -2.61. The molecule has 0 radical (unpaired) electrons. The molecule has 1 fully saturated rings. The fourth-order valence-corrected chi connectivity index (χ4v) is 2.04. The largest absolute Gasteiger partial charge is 0.439 e. The number of benzene rings is 1. The van der Waals surface area contributed by atoms with E-state index in [4.69, 9.17) is 10.00 Å². The second kappa shape index (κ2) is 5.80. The predicted octanol–water partition coefficient (Wildman–Crippen LogP) is 3.45. The molecule has 5 nitrogen and oxygen atoms in total. The lowest BCUT2D eigenvalue weighted by Gasteiger charge is -2.09. The second-order valence-electron chi connectivity index (χ2n) is 5.00. The molecule has 0 saturated heterocycles. The lowest BCUT2D eigenvalue weighted by Crippen LogP contribution is -2.04. The zero-order valence-corrected chi connectivity index (χ0v) is 11.8. The first kappa shape index (κ1) is 13.4. The molecule has 5 heteroatoms. The molecule has 1 aliphatic carbocycles. The number of anilines is 1. The van der Waals surface area contributed by atoms with Gasteiger partial charge in [-0.25, -0.2) is 4.98 Å². The van der Waals surface area contributed by atoms with Crippen molar-refractivity contribution < 1.29 is 4.74 Å². The zero-order chi connectivity index (χ0) is 14.7. The summed E-state index contributed by atoms with van der Waals surface area (Å²) in [4.78, 5) is 8.98. The van der Waals surface area contributed by atoms with E-state index in [0.29, 0.717) is 23.1 Å². The van der Waals surface area contributed by atoms with E-state index >= 15 is 0 Å². The average molecular weight is 280 g/mol. The van der Waals surface area contributed by atoms with Gasteiger partial charge in [-0.2, -0.15) is 10.2 Å². The van der Waals surface area contributed by atoms with E-state index in [2.05, 4.69) is 21.4 Å². The van der Waals surface area contributed by atoms with Gasteiger partial charge in [0.25, 0.3) is 0 Å². The first-order valence-electron chi connectivity index (χ1n) is 7.09. The lowest BCUT2D eigenvalue weighted by molar-refractivity contribution is 0.459. The maximum Gasteiger partial charge on any atom is 0.224 e. The molecule has 1 N–H and O–H groups in total. The van der Waals surface area contributed by atoms with Crippen molar-refractivity contribution in [2.24, 2.45) is 0 Å². The molecule has 1 aromatic carbocycles. The molecule has 21 heavy (non-hydrogen) atoms. The topological polar surface area (TPSA) is 70.8 Å². The summed E-state index contributed by atoms with van der Waals surface area (Å²) in [6.45, 7) is 2.82. The lowest BCUT2D eigenvalue weighted by atomic mass is 10.2. The van der Waals surface area contributed by atoms with E-state index in [1.165, 1.54) is 0 Å². The number of hydrogen-bond acceptors (Lipinski definition) is 5. The Bertz CT molecular complexity index is 689. The van der Waals surface area contributed by atoms with Crippen LogP contribution in [-0.4, -0.2) is 16.5 Å². The molecule has 1 aromatic heterocycles. The summed E-state index contributed by atoms with van der Waals surface area (Å²) < 4.78 is 5.78.